The van der Waals surface area contributed by atoms with Crippen molar-refractivity contribution in [1.29, 1.82) is 0 Å². The van der Waals surface area contributed by atoms with Crippen molar-refractivity contribution in [2.75, 3.05) is 0 Å². The van der Waals surface area contributed by atoms with Gasteiger partial charge in [-0.3, -0.25) is 0 Å². The second-order valence-corrected chi connectivity index (χ2v) is 5.33. The SMILES string of the molecule is O=C(O)c1ccccc1CSc1nnnn1C1CC1. The van der Waals surface area contributed by atoms with E-state index in [9.17, 15) is 4.79 Å². The molecular weight excluding hydrogens is 264 g/mol. The summed E-state index contributed by atoms with van der Waals surface area (Å²) < 4.78 is 1.83. The van der Waals surface area contributed by atoms with E-state index >= 15 is 0 Å². The van der Waals surface area contributed by atoms with Gasteiger partial charge in [0.15, 0.2) is 0 Å². The zero-order valence-corrected chi connectivity index (χ0v) is 10.9. The smallest absolute Gasteiger partial charge is 0.335 e. The second-order valence-electron chi connectivity index (χ2n) is 4.39. The average Bonchev–Trinajstić information content (AvgIpc) is 3.15. The van der Waals surface area contributed by atoms with Crippen molar-refractivity contribution >= 4 is 17.7 Å². The fourth-order valence-electron chi connectivity index (χ4n) is 1.83. The minimum absolute atomic E-state index is 0.334. The van der Waals surface area contributed by atoms with Crippen LogP contribution < -0.4 is 0 Å². The van der Waals surface area contributed by atoms with Crippen molar-refractivity contribution < 1.29 is 9.90 Å². The first-order valence-electron chi connectivity index (χ1n) is 5.97. The van der Waals surface area contributed by atoms with Gasteiger partial charge >= 0.3 is 5.97 Å². The Morgan fingerprint density at radius 2 is 2.21 bits per heavy atom. The van der Waals surface area contributed by atoms with E-state index in [1.165, 1.54) is 11.8 Å². The van der Waals surface area contributed by atoms with Crippen molar-refractivity contribution in [3.63, 3.8) is 0 Å². The Labute approximate surface area is 113 Å². The van der Waals surface area contributed by atoms with Crippen molar-refractivity contribution in [3.05, 3.63) is 35.4 Å². The highest BCUT2D eigenvalue weighted by atomic mass is 32.2. The standard InChI is InChI=1S/C12H12N4O2S/c17-11(18)10-4-2-1-3-8(10)7-19-12-13-14-15-16(12)9-5-6-9/h1-4,9H,5-7H2,(H,17,18). The zero-order valence-electron chi connectivity index (χ0n) is 10.1. The van der Waals surface area contributed by atoms with Gasteiger partial charge in [0.1, 0.15) is 0 Å². The molecule has 3 rings (SSSR count). The van der Waals surface area contributed by atoms with Crippen LogP contribution in [0.3, 0.4) is 0 Å². The molecule has 0 aliphatic heterocycles. The Hall–Kier alpha value is -1.89. The van der Waals surface area contributed by atoms with Gasteiger partial charge < -0.3 is 5.11 Å². The highest BCUT2D eigenvalue weighted by molar-refractivity contribution is 7.98. The van der Waals surface area contributed by atoms with E-state index in [1.54, 1.807) is 12.1 Å². The molecule has 1 aliphatic carbocycles. The number of hydrogen-bond acceptors (Lipinski definition) is 5. The van der Waals surface area contributed by atoms with Crippen LogP contribution in [0.15, 0.2) is 29.4 Å². The van der Waals surface area contributed by atoms with Gasteiger partial charge in [0, 0.05) is 5.75 Å². The fraction of sp³-hybridized carbons (Fsp3) is 0.333. The molecule has 19 heavy (non-hydrogen) atoms. The molecule has 2 aromatic rings. The Bertz CT molecular complexity index is 609. The molecule has 0 spiro atoms. The molecule has 1 aliphatic rings. The number of benzene rings is 1. The lowest BCUT2D eigenvalue weighted by molar-refractivity contribution is 0.0696. The summed E-state index contributed by atoms with van der Waals surface area (Å²) in [6, 6.07) is 7.43. The zero-order chi connectivity index (χ0) is 13.2. The largest absolute Gasteiger partial charge is 0.478 e. The average molecular weight is 276 g/mol. The third-order valence-corrected chi connectivity index (χ3v) is 3.94. The molecular formula is C12H12N4O2S. The molecule has 1 saturated carbocycles. The Balaban J connectivity index is 1.75. The number of aromatic carboxylic acids is 1. The van der Waals surface area contributed by atoms with E-state index in [0.717, 1.165) is 23.6 Å². The van der Waals surface area contributed by atoms with Crippen molar-refractivity contribution in [2.24, 2.45) is 0 Å². The fourth-order valence-corrected chi connectivity index (χ4v) is 2.77. The molecule has 1 fully saturated rings. The molecule has 7 heteroatoms. The summed E-state index contributed by atoms with van der Waals surface area (Å²) in [4.78, 5) is 11.1. The van der Waals surface area contributed by atoms with Gasteiger partial charge in [-0.05, 0) is 34.9 Å². The van der Waals surface area contributed by atoms with E-state index in [4.69, 9.17) is 5.11 Å². The predicted molar refractivity (Wildman–Crippen MR) is 69.1 cm³/mol. The maximum Gasteiger partial charge on any atom is 0.335 e. The number of hydrogen-bond donors (Lipinski definition) is 1. The van der Waals surface area contributed by atoms with Crippen molar-refractivity contribution in [3.8, 4) is 0 Å². The topological polar surface area (TPSA) is 80.9 Å². The van der Waals surface area contributed by atoms with Gasteiger partial charge in [0.2, 0.25) is 5.16 Å². The number of carboxylic acid groups (broad SMARTS) is 1. The van der Waals surface area contributed by atoms with Crippen molar-refractivity contribution in [1.82, 2.24) is 20.2 Å². The van der Waals surface area contributed by atoms with E-state index in [2.05, 4.69) is 15.5 Å². The van der Waals surface area contributed by atoms with Gasteiger partial charge in [0.25, 0.3) is 0 Å². The predicted octanol–water partition coefficient (Wildman–Crippen LogP) is 2.00. The van der Waals surface area contributed by atoms with Crippen LogP contribution in [0.2, 0.25) is 0 Å². The van der Waals surface area contributed by atoms with Crippen LogP contribution in [0.1, 0.15) is 34.8 Å². The lowest BCUT2D eigenvalue weighted by Gasteiger charge is -2.05. The Morgan fingerprint density at radius 1 is 1.42 bits per heavy atom. The first kappa shape index (κ1) is 12.2. The number of nitrogens with zero attached hydrogens (tertiary/aromatic N) is 4. The van der Waals surface area contributed by atoms with E-state index in [0.29, 0.717) is 17.4 Å². The van der Waals surface area contributed by atoms with Crippen LogP contribution in [0.25, 0.3) is 0 Å². The van der Waals surface area contributed by atoms with Crippen LogP contribution in [0.4, 0.5) is 0 Å². The molecule has 1 N–H and O–H groups in total. The van der Waals surface area contributed by atoms with Crippen LogP contribution in [-0.2, 0) is 5.75 Å². The molecule has 1 aromatic carbocycles. The van der Waals surface area contributed by atoms with Gasteiger partial charge in [-0.2, -0.15) is 0 Å². The molecule has 98 valence electrons. The number of rotatable bonds is 5. The summed E-state index contributed by atoms with van der Waals surface area (Å²) >= 11 is 1.47. The summed E-state index contributed by atoms with van der Waals surface area (Å²) in [6.07, 6.45) is 2.23. The monoisotopic (exact) mass is 276 g/mol. The van der Waals surface area contributed by atoms with Crippen LogP contribution in [-0.4, -0.2) is 31.3 Å². The van der Waals surface area contributed by atoms with Gasteiger partial charge in [-0.25, -0.2) is 9.48 Å². The quantitative estimate of drug-likeness (QED) is 0.841. The van der Waals surface area contributed by atoms with Crippen LogP contribution in [0.5, 0.6) is 0 Å². The minimum Gasteiger partial charge on any atom is -0.478 e. The van der Waals surface area contributed by atoms with Crippen molar-refractivity contribution in [2.45, 2.75) is 29.8 Å². The molecule has 0 unspecified atom stereocenters. The van der Waals surface area contributed by atoms with Gasteiger partial charge in [0.05, 0.1) is 11.6 Å². The molecule has 0 atom stereocenters. The van der Waals surface area contributed by atoms with E-state index < -0.39 is 5.97 Å². The second kappa shape index (κ2) is 5.00. The normalized spacial score (nSPS) is 14.5. The molecule has 0 radical (unpaired) electrons. The van der Waals surface area contributed by atoms with Crippen LogP contribution >= 0.6 is 11.8 Å². The Kier molecular flexibility index (Phi) is 3.20. The molecule has 0 amide bonds. The minimum atomic E-state index is -0.905. The maximum absolute atomic E-state index is 11.1. The highest BCUT2D eigenvalue weighted by Crippen LogP contribution is 2.37. The summed E-state index contributed by atoms with van der Waals surface area (Å²) in [6.45, 7) is 0. The van der Waals surface area contributed by atoms with E-state index in [-0.39, 0.29) is 0 Å². The Morgan fingerprint density at radius 3 is 2.95 bits per heavy atom. The lowest BCUT2D eigenvalue weighted by atomic mass is 10.1. The summed E-state index contributed by atoms with van der Waals surface area (Å²) in [5.74, 6) is -0.353. The highest BCUT2D eigenvalue weighted by Gasteiger charge is 2.27. The molecule has 0 bridgehead atoms. The first-order chi connectivity index (χ1) is 9.25. The molecule has 1 aromatic heterocycles. The van der Waals surface area contributed by atoms with Gasteiger partial charge in [-0.15, -0.1) is 5.10 Å². The number of carbonyl (C=O) groups is 1. The summed E-state index contributed by atoms with van der Waals surface area (Å²) in [5, 5.41) is 21.5. The maximum atomic E-state index is 11.1. The van der Waals surface area contributed by atoms with Gasteiger partial charge in [-0.1, -0.05) is 30.0 Å². The summed E-state index contributed by atoms with van der Waals surface area (Å²) in [7, 11) is 0. The number of thioether (sulfide) groups is 1. The third kappa shape index (κ3) is 2.60. The first-order valence-corrected chi connectivity index (χ1v) is 6.96. The van der Waals surface area contributed by atoms with Crippen LogP contribution in [0, 0.1) is 0 Å². The number of carboxylic acids is 1. The molecule has 1 heterocycles. The number of tetrazole rings is 1. The van der Waals surface area contributed by atoms with E-state index in [1.807, 2.05) is 16.8 Å². The molecule has 6 nitrogen and oxygen atoms in total. The summed E-state index contributed by atoms with van der Waals surface area (Å²) in [5.41, 5.74) is 1.12. The number of aromatic nitrogens is 4. The lowest BCUT2D eigenvalue weighted by Crippen LogP contribution is -2.02. The third-order valence-electron chi connectivity index (χ3n) is 2.96. The molecule has 0 saturated heterocycles.